The van der Waals surface area contributed by atoms with Crippen molar-refractivity contribution in [1.82, 2.24) is 10.2 Å². The van der Waals surface area contributed by atoms with Crippen LogP contribution in [-0.2, 0) is 14.3 Å². The average Bonchev–Trinajstić information content (AvgIpc) is 2.79. The van der Waals surface area contributed by atoms with Crippen LogP contribution < -0.4 is 10.6 Å². The Labute approximate surface area is 218 Å². The molecule has 8 nitrogen and oxygen atoms in total. The summed E-state index contributed by atoms with van der Waals surface area (Å²) >= 11 is 4.27. The average molecular weight is 516 g/mol. The third-order valence-electron chi connectivity index (χ3n) is 5.45. The van der Waals surface area contributed by atoms with Crippen LogP contribution in [0.1, 0.15) is 56.8 Å². The number of hydrogen-bond acceptors (Lipinski definition) is 6. The van der Waals surface area contributed by atoms with E-state index in [2.05, 4.69) is 23.3 Å². The van der Waals surface area contributed by atoms with Crippen LogP contribution in [0.3, 0.4) is 0 Å². The molecule has 0 heterocycles. The lowest BCUT2D eigenvalue weighted by Gasteiger charge is -2.34. The number of alkyl carbamates (subject to hydrolysis) is 1. The second-order valence-electron chi connectivity index (χ2n) is 9.63. The number of carbonyl (C=O) groups excluding carboxylic acids is 3. The van der Waals surface area contributed by atoms with Gasteiger partial charge in [0.15, 0.2) is 0 Å². The van der Waals surface area contributed by atoms with Gasteiger partial charge in [-0.2, -0.15) is 12.6 Å². The zero-order valence-electron chi connectivity index (χ0n) is 21.8. The van der Waals surface area contributed by atoms with Crippen molar-refractivity contribution in [2.75, 3.05) is 17.6 Å². The predicted octanol–water partition coefficient (Wildman–Crippen LogP) is 4.75. The summed E-state index contributed by atoms with van der Waals surface area (Å²) in [7, 11) is 0. The van der Waals surface area contributed by atoms with Crippen molar-refractivity contribution in [2.24, 2.45) is 0 Å². The maximum absolute atomic E-state index is 13.7. The van der Waals surface area contributed by atoms with Crippen LogP contribution in [0.25, 0.3) is 0 Å². The van der Waals surface area contributed by atoms with Gasteiger partial charge in [0.1, 0.15) is 23.4 Å². The Hall–Kier alpha value is -3.20. The van der Waals surface area contributed by atoms with E-state index in [9.17, 15) is 19.5 Å². The molecule has 0 saturated carbocycles. The van der Waals surface area contributed by atoms with Gasteiger partial charge in [0.05, 0.1) is 0 Å². The molecule has 0 radical (unpaired) electrons. The van der Waals surface area contributed by atoms with Crippen molar-refractivity contribution in [3.8, 4) is 5.75 Å². The number of thiol groups is 1. The molecule has 2 rings (SSSR count). The number of nitrogens with zero attached hydrogens (tertiary/aromatic N) is 1. The smallest absolute Gasteiger partial charge is 0.408 e. The molecule has 36 heavy (non-hydrogen) atoms. The van der Waals surface area contributed by atoms with E-state index in [1.807, 2.05) is 26.0 Å². The highest BCUT2D eigenvalue weighted by Gasteiger charge is 2.37. The Morgan fingerprint density at radius 2 is 1.69 bits per heavy atom. The normalized spacial score (nSPS) is 12.9. The maximum atomic E-state index is 13.7. The van der Waals surface area contributed by atoms with Crippen molar-refractivity contribution in [3.63, 3.8) is 0 Å². The number of benzene rings is 2. The first-order valence-electron chi connectivity index (χ1n) is 11.9. The summed E-state index contributed by atoms with van der Waals surface area (Å²) in [4.78, 5) is 41.3. The lowest BCUT2D eigenvalue weighted by atomic mass is 9.99. The molecule has 2 aromatic rings. The van der Waals surface area contributed by atoms with Gasteiger partial charge >= 0.3 is 6.09 Å². The largest absolute Gasteiger partial charge is 0.507 e. The fourth-order valence-electron chi connectivity index (χ4n) is 3.71. The van der Waals surface area contributed by atoms with Gasteiger partial charge in [-0.25, -0.2) is 4.79 Å². The lowest BCUT2D eigenvalue weighted by molar-refractivity contribution is -0.140. The second-order valence-corrected chi connectivity index (χ2v) is 10.00. The molecule has 0 bridgehead atoms. The summed E-state index contributed by atoms with van der Waals surface area (Å²) in [6, 6.07) is 10.2. The van der Waals surface area contributed by atoms with Crippen molar-refractivity contribution in [3.05, 3.63) is 59.2 Å². The number of nitrogens with one attached hydrogen (secondary N) is 2. The van der Waals surface area contributed by atoms with Crippen LogP contribution in [-0.4, -0.2) is 51.9 Å². The number of hydrogen-bond donors (Lipinski definition) is 4. The first kappa shape index (κ1) is 29.0. The second kappa shape index (κ2) is 12.7. The van der Waals surface area contributed by atoms with Crippen molar-refractivity contribution < 1.29 is 24.2 Å². The van der Waals surface area contributed by atoms with Gasteiger partial charge in [-0.15, -0.1) is 0 Å². The number of ether oxygens (including phenoxy) is 1. The quantitative estimate of drug-likeness (QED) is 0.361. The molecule has 0 aliphatic rings. The number of aromatic hydroxyl groups is 1. The van der Waals surface area contributed by atoms with E-state index in [-0.39, 0.29) is 23.6 Å². The molecule has 3 amide bonds. The minimum absolute atomic E-state index is 0.00970. The first-order valence-corrected chi connectivity index (χ1v) is 12.6. The fourth-order valence-corrected chi connectivity index (χ4v) is 3.96. The molecule has 9 heteroatoms. The standard InChI is InChI=1S/C27H37N3O5S/c1-7-15-30(25(33)21(16-36)29-26(34)35-27(4,5)6)22(19-13-10-12-18(3)23(19)31)24(32)28-20-14-9-8-11-17(20)2/h8-14,21-22,31,36H,7,15-16H2,1-6H3,(H,28,32)(H,29,34). The highest BCUT2D eigenvalue weighted by Crippen LogP contribution is 2.33. The third kappa shape index (κ3) is 7.65. The predicted molar refractivity (Wildman–Crippen MR) is 144 cm³/mol. The molecule has 0 aliphatic heterocycles. The Kier molecular flexibility index (Phi) is 10.2. The zero-order chi connectivity index (χ0) is 27.0. The van der Waals surface area contributed by atoms with Crippen molar-refractivity contribution in [2.45, 2.75) is 65.6 Å². The Morgan fingerprint density at radius 1 is 1.06 bits per heavy atom. The molecule has 3 N–H and O–H groups in total. The van der Waals surface area contributed by atoms with Crippen LogP contribution in [0.4, 0.5) is 10.5 Å². The number of aryl methyl sites for hydroxylation is 2. The van der Waals surface area contributed by atoms with Gasteiger partial charge < -0.3 is 25.4 Å². The van der Waals surface area contributed by atoms with Crippen LogP contribution in [0.5, 0.6) is 5.75 Å². The van der Waals surface area contributed by atoms with Crippen LogP contribution in [0.2, 0.25) is 0 Å². The van der Waals surface area contributed by atoms with E-state index in [4.69, 9.17) is 4.74 Å². The molecular formula is C27H37N3O5S. The summed E-state index contributed by atoms with van der Waals surface area (Å²) < 4.78 is 5.31. The third-order valence-corrected chi connectivity index (χ3v) is 5.81. The molecule has 2 atom stereocenters. The topological polar surface area (TPSA) is 108 Å². The highest BCUT2D eigenvalue weighted by molar-refractivity contribution is 7.80. The van der Waals surface area contributed by atoms with Crippen LogP contribution in [0.15, 0.2) is 42.5 Å². The van der Waals surface area contributed by atoms with E-state index < -0.39 is 35.6 Å². The summed E-state index contributed by atoms with van der Waals surface area (Å²) in [5.41, 5.74) is 1.56. The van der Waals surface area contributed by atoms with Crippen molar-refractivity contribution in [1.29, 1.82) is 0 Å². The molecule has 196 valence electrons. The number of para-hydroxylation sites is 2. The number of amides is 3. The van der Waals surface area contributed by atoms with E-state index in [0.717, 1.165) is 5.56 Å². The number of carbonyl (C=O) groups is 3. The summed E-state index contributed by atoms with van der Waals surface area (Å²) in [6.07, 6.45) is -0.219. The minimum atomic E-state index is -1.15. The van der Waals surface area contributed by atoms with Crippen molar-refractivity contribution >= 4 is 36.2 Å². The van der Waals surface area contributed by atoms with Gasteiger partial charge in [0.2, 0.25) is 5.91 Å². The molecule has 2 aromatic carbocycles. The summed E-state index contributed by atoms with van der Waals surface area (Å²) in [6.45, 7) is 10.8. The van der Waals surface area contributed by atoms with E-state index >= 15 is 0 Å². The van der Waals surface area contributed by atoms with E-state index in [0.29, 0.717) is 17.7 Å². The fraction of sp³-hybridized carbons (Fsp3) is 0.444. The molecule has 0 fully saturated rings. The van der Waals surface area contributed by atoms with Gasteiger partial charge in [-0.1, -0.05) is 43.3 Å². The Morgan fingerprint density at radius 3 is 2.28 bits per heavy atom. The molecule has 0 aliphatic carbocycles. The molecular weight excluding hydrogens is 478 g/mol. The lowest BCUT2D eigenvalue weighted by Crippen LogP contribution is -2.53. The maximum Gasteiger partial charge on any atom is 0.408 e. The van der Waals surface area contributed by atoms with Crippen LogP contribution in [0, 0.1) is 13.8 Å². The highest BCUT2D eigenvalue weighted by atomic mass is 32.1. The van der Waals surface area contributed by atoms with Gasteiger partial charge in [0.25, 0.3) is 5.91 Å². The number of phenols is 1. The molecule has 0 saturated heterocycles. The SMILES string of the molecule is CCCN(C(=O)C(CS)NC(=O)OC(C)(C)C)C(C(=O)Nc1ccccc1C)c1cccc(C)c1O. The molecule has 0 aromatic heterocycles. The minimum Gasteiger partial charge on any atom is -0.507 e. The van der Waals surface area contributed by atoms with Gasteiger partial charge in [0, 0.05) is 23.5 Å². The number of phenolic OH excluding ortho intramolecular Hbond substituents is 1. The monoisotopic (exact) mass is 515 g/mol. The number of anilines is 1. The Balaban J connectivity index is 2.51. The van der Waals surface area contributed by atoms with Gasteiger partial charge in [-0.05, 0) is 58.2 Å². The number of rotatable bonds is 9. The Bertz CT molecular complexity index is 1080. The molecule has 0 spiro atoms. The van der Waals surface area contributed by atoms with Crippen LogP contribution >= 0.6 is 12.6 Å². The first-order chi connectivity index (χ1) is 16.9. The summed E-state index contributed by atoms with van der Waals surface area (Å²) in [5.74, 6) is -1.07. The van der Waals surface area contributed by atoms with E-state index in [1.54, 1.807) is 58.0 Å². The molecule has 2 unspecified atom stereocenters. The summed E-state index contributed by atoms with van der Waals surface area (Å²) in [5, 5.41) is 16.4. The zero-order valence-corrected chi connectivity index (χ0v) is 22.7. The van der Waals surface area contributed by atoms with E-state index in [1.165, 1.54) is 4.90 Å². The van der Waals surface area contributed by atoms with Gasteiger partial charge in [-0.3, -0.25) is 9.59 Å².